The van der Waals surface area contributed by atoms with Crippen molar-refractivity contribution in [3.05, 3.63) is 57.5 Å². The summed E-state index contributed by atoms with van der Waals surface area (Å²) < 4.78 is 10.2. The second-order valence-corrected chi connectivity index (χ2v) is 9.43. The van der Waals surface area contributed by atoms with E-state index in [4.69, 9.17) is 4.74 Å². The van der Waals surface area contributed by atoms with E-state index < -0.39 is 0 Å². The maximum absolute atomic E-state index is 13.0. The first-order valence-electron chi connectivity index (χ1n) is 12.7. The van der Waals surface area contributed by atoms with Crippen LogP contribution >= 0.6 is 0 Å². The van der Waals surface area contributed by atoms with E-state index in [0.717, 1.165) is 43.8 Å². The lowest BCUT2D eigenvalue weighted by molar-refractivity contribution is 0.414. The molecule has 4 heterocycles. The second-order valence-electron chi connectivity index (χ2n) is 9.43. The number of H-pyrrole nitrogens is 1. The summed E-state index contributed by atoms with van der Waals surface area (Å²) in [5.74, 6) is 1.89. The van der Waals surface area contributed by atoms with Crippen LogP contribution in [0.3, 0.4) is 0 Å². The van der Waals surface area contributed by atoms with E-state index in [1.165, 1.54) is 10.3 Å². The third-order valence-electron chi connectivity index (χ3n) is 6.81. The summed E-state index contributed by atoms with van der Waals surface area (Å²) in [6.07, 6.45) is 6.28. The van der Waals surface area contributed by atoms with Gasteiger partial charge in [-0.05, 0) is 37.3 Å². The Morgan fingerprint density at radius 1 is 1.14 bits per heavy atom. The zero-order valence-electron chi connectivity index (χ0n) is 21.1. The molecule has 0 radical (unpaired) electrons. The van der Waals surface area contributed by atoms with Gasteiger partial charge in [0.2, 0.25) is 0 Å². The molecule has 10 heteroatoms. The van der Waals surface area contributed by atoms with Crippen LogP contribution < -0.4 is 20.9 Å². The summed E-state index contributed by atoms with van der Waals surface area (Å²) >= 11 is 0. The molecule has 36 heavy (non-hydrogen) atoms. The molecule has 1 aliphatic rings. The number of aromatic amines is 1. The standard InChI is InChI=1S/C26H33N7O3/c1-4-10-32-24-22(25(34)33(11-5-2)26(32)35)28-23(29-24)19-14-27-31(17-19)16-18-9-12-30(15-18)20-7-6-8-21(13-20)36-3/h6-8,13-14,17-18H,4-5,9-12,15-16H2,1-3H3,(H,28,29). The lowest BCUT2D eigenvalue weighted by atomic mass is 10.1. The molecule has 1 atom stereocenters. The number of benzene rings is 1. The Morgan fingerprint density at radius 3 is 2.72 bits per heavy atom. The van der Waals surface area contributed by atoms with Crippen molar-refractivity contribution in [2.75, 3.05) is 25.1 Å². The number of imidazole rings is 1. The quantitative estimate of drug-likeness (QED) is 0.386. The predicted molar refractivity (Wildman–Crippen MR) is 140 cm³/mol. The van der Waals surface area contributed by atoms with Crippen molar-refractivity contribution in [2.45, 2.75) is 52.7 Å². The zero-order chi connectivity index (χ0) is 25.2. The summed E-state index contributed by atoms with van der Waals surface area (Å²) in [6.45, 7) is 7.59. The van der Waals surface area contributed by atoms with Crippen LogP contribution in [0.15, 0.2) is 46.2 Å². The molecule has 0 spiro atoms. The number of hydrogen-bond acceptors (Lipinski definition) is 6. The third-order valence-corrected chi connectivity index (χ3v) is 6.81. The maximum atomic E-state index is 13.0. The molecule has 0 aliphatic carbocycles. The van der Waals surface area contributed by atoms with Gasteiger partial charge in [0.05, 0.1) is 18.9 Å². The molecular weight excluding hydrogens is 458 g/mol. The molecule has 1 N–H and O–H groups in total. The van der Waals surface area contributed by atoms with Crippen LogP contribution in [0, 0.1) is 5.92 Å². The van der Waals surface area contributed by atoms with E-state index in [1.807, 2.05) is 36.9 Å². The Hall–Kier alpha value is -3.82. The van der Waals surface area contributed by atoms with Gasteiger partial charge in [0.15, 0.2) is 5.65 Å². The number of anilines is 1. The molecule has 5 rings (SSSR count). The Kier molecular flexibility index (Phi) is 6.67. The lowest BCUT2D eigenvalue weighted by Gasteiger charge is -2.19. The topological polar surface area (TPSA) is 103 Å². The first kappa shape index (κ1) is 23.9. The van der Waals surface area contributed by atoms with Crippen molar-refractivity contribution in [3.8, 4) is 17.1 Å². The number of hydrogen-bond donors (Lipinski definition) is 1. The molecule has 190 valence electrons. The van der Waals surface area contributed by atoms with Gasteiger partial charge in [0.1, 0.15) is 17.1 Å². The van der Waals surface area contributed by atoms with Crippen molar-refractivity contribution >= 4 is 16.9 Å². The highest BCUT2D eigenvalue weighted by Gasteiger charge is 2.24. The first-order valence-corrected chi connectivity index (χ1v) is 12.7. The number of rotatable bonds is 9. The molecule has 1 fully saturated rings. The summed E-state index contributed by atoms with van der Waals surface area (Å²) in [7, 11) is 1.69. The molecule has 4 aromatic rings. The number of nitrogens with zero attached hydrogens (tertiary/aromatic N) is 6. The highest BCUT2D eigenvalue weighted by atomic mass is 16.5. The van der Waals surface area contributed by atoms with Gasteiger partial charge in [-0.2, -0.15) is 5.10 Å². The molecule has 1 saturated heterocycles. The number of aryl methyl sites for hydroxylation is 1. The summed E-state index contributed by atoms with van der Waals surface area (Å²) in [5, 5.41) is 4.56. The van der Waals surface area contributed by atoms with E-state index in [-0.39, 0.29) is 11.2 Å². The Labute approximate surface area is 209 Å². The number of fused-ring (bicyclic) bond motifs is 1. The molecule has 3 aromatic heterocycles. The van der Waals surface area contributed by atoms with Crippen molar-refractivity contribution in [2.24, 2.45) is 5.92 Å². The highest BCUT2D eigenvalue weighted by Crippen LogP contribution is 2.28. The van der Waals surface area contributed by atoms with E-state index in [2.05, 4.69) is 32.1 Å². The van der Waals surface area contributed by atoms with Crippen LogP contribution in [-0.4, -0.2) is 49.1 Å². The third kappa shape index (κ3) is 4.43. The fraction of sp³-hybridized carbons (Fsp3) is 0.462. The minimum absolute atomic E-state index is 0.299. The zero-order valence-corrected chi connectivity index (χ0v) is 21.1. The second kappa shape index (κ2) is 10.0. The monoisotopic (exact) mass is 491 g/mol. The predicted octanol–water partition coefficient (Wildman–Crippen LogP) is 3.10. The van der Waals surface area contributed by atoms with Gasteiger partial charge in [0.25, 0.3) is 5.56 Å². The van der Waals surface area contributed by atoms with Crippen LogP contribution in [0.4, 0.5) is 5.69 Å². The minimum Gasteiger partial charge on any atom is -0.497 e. The van der Waals surface area contributed by atoms with Gasteiger partial charge in [-0.3, -0.25) is 18.6 Å². The normalized spacial score (nSPS) is 15.8. The van der Waals surface area contributed by atoms with E-state index in [1.54, 1.807) is 17.9 Å². The van der Waals surface area contributed by atoms with Crippen LogP contribution in [0.2, 0.25) is 0 Å². The summed E-state index contributed by atoms with van der Waals surface area (Å²) in [4.78, 5) is 36.2. The number of aromatic nitrogens is 6. The number of methoxy groups -OCH3 is 1. The highest BCUT2D eigenvalue weighted by molar-refractivity contribution is 5.75. The van der Waals surface area contributed by atoms with Crippen molar-refractivity contribution in [1.82, 2.24) is 28.9 Å². The molecule has 0 bridgehead atoms. The number of ether oxygens (including phenoxy) is 1. The Morgan fingerprint density at radius 2 is 1.94 bits per heavy atom. The number of nitrogens with one attached hydrogen (secondary N) is 1. The van der Waals surface area contributed by atoms with E-state index >= 15 is 0 Å². The van der Waals surface area contributed by atoms with Crippen molar-refractivity contribution < 1.29 is 4.74 Å². The minimum atomic E-state index is -0.320. The van der Waals surface area contributed by atoms with Gasteiger partial charge < -0.3 is 14.6 Å². The van der Waals surface area contributed by atoms with Crippen LogP contribution in [0.1, 0.15) is 33.1 Å². The molecule has 1 unspecified atom stereocenters. The van der Waals surface area contributed by atoms with Crippen LogP contribution in [-0.2, 0) is 19.6 Å². The Balaban J connectivity index is 1.37. The smallest absolute Gasteiger partial charge is 0.332 e. The van der Waals surface area contributed by atoms with Crippen LogP contribution in [0.5, 0.6) is 5.75 Å². The first-order chi connectivity index (χ1) is 17.5. The van der Waals surface area contributed by atoms with Gasteiger partial charge in [-0.1, -0.05) is 19.9 Å². The van der Waals surface area contributed by atoms with Gasteiger partial charge >= 0.3 is 5.69 Å². The molecular formula is C26H33N7O3. The molecule has 1 aliphatic heterocycles. The van der Waals surface area contributed by atoms with Gasteiger partial charge in [0, 0.05) is 50.7 Å². The molecule has 0 saturated carbocycles. The molecule has 0 amide bonds. The van der Waals surface area contributed by atoms with Crippen molar-refractivity contribution in [3.63, 3.8) is 0 Å². The molecule has 1 aromatic carbocycles. The largest absolute Gasteiger partial charge is 0.497 e. The average Bonchev–Trinajstić information content (AvgIpc) is 3.65. The SMILES string of the molecule is CCCn1c(=O)c2[nH]c(-c3cnn(CC4CCN(c5cccc(OC)c5)C4)c3)nc2n(CCC)c1=O. The van der Waals surface area contributed by atoms with Gasteiger partial charge in [-0.25, -0.2) is 9.78 Å². The van der Waals surface area contributed by atoms with E-state index in [9.17, 15) is 9.59 Å². The van der Waals surface area contributed by atoms with E-state index in [0.29, 0.717) is 42.4 Å². The maximum Gasteiger partial charge on any atom is 0.332 e. The fourth-order valence-corrected chi connectivity index (χ4v) is 5.02. The van der Waals surface area contributed by atoms with Gasteiger partial charge in [-0.15, -0.1) is 0 Å². The summed E-state index contributed by atoms with van der Waals surface area (Å²) in [5.41, 5.74) is 2.12. The van der Waals surface area contributed by atoms with Crippen LogP contribution in [0.25, 0.3) is 22.6 Å². The average molecular weight is 492 g/mol. The fourth-order valence-electron chi connectivity index (χ4n) is 5.02. The van der Waals surface area contributed by atoms with Crippen molar-refractivity contribution in [1.29, 1.82) is 0 Å². The molecule has 10 nitrogen and oxygen atoms in total. The summed E-state index contributed by atoms with van der Waals surface area (Å²) in [6, 6.07) is 8.17. The lowest BCUT2D eigenvalue weighted by Crippen LogP contribution is -2.40. The Bertz CT molecular complexity index is 1480.